The number of carboxylic acids is 1. The molecular weight excluding hydrogens is 534 g/mol. The Morgan fingerprint density at radius 2 is 1.90 bits per heavy atom. The Morgan fingerprint density at radius 3 is 2.69 bits per heavy atom. The highest BCUT2D eigenvalue weighted by Crippen LogP contribution is 2.36. The van der Waals surface area contributed by atoms with Crippen LogP contribution in [0.4, 0.5) is 5.82 Å². The number of aromatic nitrogens is 5. The van der Waals surface area contributed by atoms with Crippen molar-refractivity contribution in [2.75, 3.05) is 31.7 Å². The van der Waals surface area contributed by atoms with Gasteiger partial charge in [-0.15, -0.1) is 0 Å². The number of anilines is 1. The van der Waals surface area contributed by atoms with Gasteiger partial charge in [-0.2, -0.15) is 9.61 Å². The summed E-state index contributed by atoms with van der Waals surface area (Å²) in [6, 6.07) is 16.0. The molecule has 5 aromatic rings. The second-order valence-electron chi connectivity index (χ2n) is 11.0. The van der Waals surface area contributed by atoms with Crippen molar-refractivity contribution < 1.29 is 19.4 Å². The zero-order valence-corrected chi connectivity index (χ0v) is 23.3. The molecule has 6 heterocycles. The Bertz CT molecular complexity index is 1790. The maximum Gasteiger partial charge on any atom is 0.341 e. The second-order valence-corrected chi connectivity index (χ2v) is 11.0. The Labute approximate surface area is 242 Å². The summed E-state index contributed by atoms with van der Waals surface area (Å²) in [6.07, 6.45) is 7.23. The number of hydrogen-bond acceptors (Lipinski definition) is 7. The van der Waals surface area contributed by atoms with E-state index in [0.29, 0.717) is 44.2 Å². The molecule has 0 spiro atoms. The quantitative estimate of drug-likeness (QED) is 0.314. The molecule has 1 N–H and O–H groups in total. The SMILES string of the molecule is CN(Cc1ccccc1)c1cc(-c2cn([C@@H]3CC(=O)N(C4CCOCC4)C3)c3ncccc23)nc2c(C(=O)O)cnn12. The van der Waals surface area contributed by atoms with Crippen LogP contribution in [0.15, 0.2) is 67.1 Å². The predicted molar refractivity (Wildman–Crippen MR) is 156 cm³/mol. The number of benzene rings is 1. The van der Waals surface area contributed by atoms with Crippen LogP contribution in [0.5, 0.6) is 0 Å². The van der Waals surface area contributed by atoms with E-state index < -0.39 is 5.97 Å². The van der Waals surface area contributed by atoms with E-state index in [2.05, 4.69) is 9.67 Å². The lowest BCUT2D eigenvalue weighted by molar-refractivity contribution is -0.131. The van der Waals surface area contributed by atoms with Crippen LogP contribution >= 0.6 is 0 Å². The Morgan fingerprint density at radius 1 is 1.10 bits per heavy atom. The molecule has 0 radical (unpaired) electrons. The van der Waals surface area contributed by atoms with E-state index >= 15 is 0 Å². The average Bonchev–Trinajstić information content (AvgIpc) is 3.72. The van der Waals surface area contributed by atoms with Crippen molar-refractivity contribution in [2.24, 2.45) is 0 Å². The monoisotopic (exact) mass is 565 g/mol. The van der Waals surface area contributed by atoms with Crippen LogP contribution in [0, 0.1) is 0 Å². The van der Waals surface area contributed by atoms with Gasteiger partial charge in [0.05, 0.1) is 17.9 Å². The van der Waals surface area contributed by atoms with Crippen molar-refractivity contribution in [3.05, 3.63) is 78.2 Å². The van der Waals surface area contributed by atoms with E-state index in [-0.39, 0.29) is 29.2 Å². The molecule has 42 heavy (non-hydrogen) atoms. The lowest BCUT2D eigenvalue weighted by atomic mass is 10.1. The molecule has 0 bridgehead atoms. The molecule has 0 aliphatic carbocycles. The Kier molecular flexibility index (Phi) is 6.58. The third-order valence-electron chi connectivity index (χ3n) is 8.37. The maximum atomic E-state index is 13.1. The number of carboxylic acid groups (broad SMARTS) is 1. The minimum atomic E-state index is -1.09. The lowest BCUT2D eigenvalue weighted by Crippen LogP contribution is -2.40. The fraction of sp³-hybridized carbons (Fsp3) is 0.323. The summed E-state index contributed by atoms with van der Waals surface area (Å²) < 4.78 is 9.19. The van der Waals surface area contributed by atoms with Gasteiger partial charge >= 0.3 is 5.97 Å². The Balaban J connectivity index is 1.32. The number of carbonyl (C=O) groups excluding carboxylic acids is 1. The van der Waals surface area contributed by atoms with E-state index in [9.17, 15) is 14.7 Å². The van der Waals surface area contributed by atoms with Crippen LogP contribution in [0.25, 0.3) is 27.9 Å². The van der Waals surface area contributed by atoms with Gasteiger partial charge in [-0.05, 0) is 30.5 Å². The number of likely N-dealkylation sites (tertiary alicyclic amines) is 1. The highest BCUT2D eigenvalue weighted by atomic mass is 16.5. The fourth-order valence-electron chi connectivity index (χ4n) is 6.26. The van der Waals surface area contributed by atoms with Crippen molar-refractivity contribution in [2.45, 2.75) is 37.9 Å². The molecule has 2 aliphatic heterocycles. The first kappa shape index (κ1) is 26.1. The van der Waals surface area contributed by atoms with E-state index in [1.165, 1.54) is 6.20 Å². The van der Waals surface area contributed by atoms with Crippen LogP contribution in [0.3, 0.4) is 0 Å². The molecule has 11 nitrogen and oxygen atoms in total. The fourth-order valence-corrected chi connectivity index (χ4v) is 6.26. The summed E-state index contributed by atoms with van der Waals surface area (Å²) in [6.45, 7) is 2.57. The van der Waals surface area contributed by atoms with Crippen LogP contribution in [-0.4, -0.2) is 78.9 Å². The summed E-state index contributed by atoms with van der Waals surface area (Å²) >= 11 is 0. The summed E-state index contributed by atoms with van der Waals surface area (Å²) in [5.74, 6) is -0.230. The number of aromatic carboxylic acids is 1. The van der Waals surface area contributed by atoms with Crippen molar-refractivity contribution >= 4 is 34.4 Å². The van der Waals surface area contributed by atoms with Crippen molar-refractivity contribution in [3.63, 3.8) is 0 Å². The highest BCUT2D eigenvalue weighted by molar-refractivity contribution is 5.97. The molecule has 0 saturated carbocycles. The highest BCUT2D eigenvalue weighted by Gasteiger charge is 2.37. The molecule has 1 atom stereocenters. The average molecular weight is 566 g/mol. The number of ether oxygens (including phenoxy) is 1. The van der Waals surface area contributed by atoms with Gasteiger partial charge in [0, 0.05) is 75.2 Å². The number of nitrogens with zero attached hydrogens (tertiary/aromatic N) is 7. The van der Waals surface area contributed by atoms with Crippen LogP contribution < -0.4 is 4.90 Å². The molecule has 2 fully saturated rings. The zero-order valence-electron chi connectivity index (χ0n) is 23.3. The van der Waals surface area contributed by atoms with Gasteiger partial charge in [-0.1, -0.05) is 30.3 Å². The Hall–Kier alpha value is -4.77. The van der Waals surface area contributed by atoms with Gasteiger partial charge in [0.25, 0.3) is 0 Å². The predicted octanol–water partition coefficient (Wildman–Crippen LogP) is 4.03. The van der Waals surface area contributed by atoms with Gasteiger partial charge in [0.2, 0.25) is 5.91 Å². The van der Waals surface area contributed by atoms with Gasteiger partial charge in [0.15, 0.2) is 5.65 Å². The molecule has 1 amide bonds. The first-order valence-electron chi connectivity index (χ1n) is 14.2. The lowest BCUT2D eigenvalue weighted by Gasteiger charge is -2.31. The summed E-state index contributed by atoms with van der Waals surface area (Å²) in [4.78, 5) is 38.8. The first-order valence-corrected chi connectivity index (χ1v) is 14.2. The summed E-state index contributed by atoms with van der Waals surface area (Å²) in [5, 5.41) is 15.2. The largest absolute Gasteiger partial charge is 0.477 e. The third kappa shape index (κ3) is 4.55. The number of rotatable bonds is 7. The molecule has 7 rings (SSSR count). The van der Waals surface area contributed by atoms with Crippen LogP contribution in [0.2, 0.25) is 0 Å². The van der Waals surface area contributed by atoms with E-state index in [4.69, 9.17) is 14.7 Å². The number of fused-ring (bicyclic) bond motifs is 2. The van der Waals surface area contributed by atoms with E-state index in [1.54, 1.807) is 10.7 Å². The number of amides is 1. The normalized spacial score (nSPS) is 17.9. The zero-order chi connectivity index (χ0) is 28.8. The van der Waals surface area contributed by atoms with E-state index in [1.807, 2.05) is 71.6 Å². The van der Waals surface area contributed by atoms with Crippen molar-refractivity contribution in [1.29, 1.82) is 0 Å². The maximum absolute atomic E-state index is 13.1. The molecular formula is C31H31N7O4. The van der Waals surface area contributed by atoms with Crippen molar-refractivity contribution in [1.82, 2.24) is 29.0 Å². The minimum absolute atomic E-state index is 0.0292. The van der Waals surface area contributed by atoms with Gasteiger partial charge in [0.1, 0.15) is 17.0 Å². The molecule has 11 heteroatoms. The van der Waals surface area contributed by atoms with E-state index in [0.717, 1.165) is 35.0 Å². The van der Waals surface area contributed by atoms with Crippen LogP contribution in [0.1, 0.15) is 41.2 Å². The molecule has 2 aliphatic rings. The molecule has 0 unspecified atom stereocenters. The second kappa shape index (κ2) is 10.6. The minimum Gasteiger partial charge on any atom is -0.477 e. The third-order valence-corrected chi connectivity index (χ3v) is 8.37. The first-order chi connectivity index (χ1) is 20.5. The number of hydrogen-bond donors (Lipinski definition) is 1. The molecule has 214 valence electrons. The van der Waals surface area contributed by atoms with Gasteiger partial charge < -0.3 is 24.2 Å². The van der Waals surface area contributed by atoms with Gasteiger partial charge in [-0.25, -0.2) is 14.8 Å². The molecule has 4 aromatic heterocycles. The summed E-state index contributed by atoms with van der Waals surface area (Å²) in [5.41, 5.74) is 3.61. The number of carbonyl (C=O) groups is 2. The molecule has 2 saturated heterocycles. The smallest absolute Gasteiger partial charge is 0.341 e. The number of pyridine rings is 1. The van der Waals surface area contributed by atoms with Crippen LogP contribution in [-0.2, 0) is 16.1 Å². The standard InChI is InChI=1S/C31H31N7O4/c1-35(17-20-6-3-2-4-7-20)27-15-26(34-30-24(31(40)41)16-33-38(27)30)25-19-37(29-23(25)8-5-11-32-29)22-14-28(39)36(18-22)21-9-12-42-13-10-21/h2-8,11,15-16,19,21-22H,9-10,12-14,17-18H2,1H3,(H,40,41)/t22-/m1/s1. The summed E-state index contributed by atoms with van der Waals surface area (Å²) in [7, 11) is 1.95. The van der Waals surface area contributed by atoms with Crippen molar-refractivity contribution in [3.8, 4) is 11.3 Å². The molecule has 1 aromatic carbocycles. The topological polar surface area (TPSA) is 118 Å². The van der Waals surface area contributed by atoms with Gasteiger partial charge in [-0.3, -0.25) is 4.79 Å².